The number of primary sulfonamides is 1. The van der Waals surface area contributed by atoms with Crippen molar-refractivity contribution in [3.8, 4) is 0 Å². The van der Waals surface area contributed by atoms with Crippen LogP contribution >= 0.6 is 0 Å². The minimum Gasteiger partial charge on any atom is -0.368 e. The number of amides is 1. The maximum atomic E-state index is 10.8. The molecule has 0 aliphatic rings. The number of carbonyl (C=O) groups excluding carboxylic acids is 1. The first-order valence-electron chi connectivity index (χ1n) is 3.70. The molecule has 78 valence electrons. The van der Waals surface area contributed by atoms with Gasteiger partial charge in [-0.2, -0.15) is 0 Å². The maximum absolute atomic E-state index is 10.8. The zero-order valence-electron chi connectivity index (χ0n) is 7.70. The van der Waals surface area contributed by atoms with Crippen molar-refractivity contribution in [3.63, 3.8) is 0 Å². The summed E-state index contributed by atoms with van der Waals surface area (Å²) in [6.45, 7) is 3.24. The summed E-state index contributed by atoms with van der Waals surface area (Å²) in [5.41, 5.74) is 4.13. The number of rotatable bonds is 5. The molecule has 0 spiro atoms. The van der Waals surface area contributed by atoms with Gasteiger partial charge in [0.15, 0.2) is 0 Å². The third-order valence-electron chi connectivity index (χ3n) is 1.57. The third-order valence-corrected chi connectivity index (χ3v) is 2.34. The Morgan fingerprint density at radius 3 is 2.23 bits per heavy atom. The molecule has 0 radical (unpaired) electrons. The Hall–Kier alpha value is -0.660. The summed E-state index contributed by atoms with van der Waals surface area (Å²) in [6.07, 6.45) is 0. The van der Waals surface area contributed by atoms with E-state index in [1.165, 1.54) is 0 Å². The number of nitrogens with one attached hydrogen (secondary N) is 1. The van der Waals surface area contributed by atoms with Crippen LogP contribution in [0, 0.1) is 0 Å². The van der Waals surface area contributed by atoms with Crippen LogP contribution in [-0.4, -0.2) is 32.2 Å². The van der Waals surface area contributed by atoms with Crippen LogP contribution in [0.3, 0.4) is 0 Å². The molecule has 0 aromatic rings. The molecule has 0 aliphatic heterocycles. The van der Waals surface area contributed by atoms with Gasteiger partial charge in [0, 0.05) is 6.54 Å². The summed E-state index contributed by atoms with van der Waals surface area (Å²) in [5, 5.41) is 7.44. The van der Waals surface area contributed by atoms with Crippen LogP contribution < -0.4 is 16.2 Å². The zero-order valence-corrected chi connectivity index (χ0v) is 8.52. The lowest BCUT2D eigenvalue weighted by Gasteiger charge is -2.21. The summed E-state index contributed by atoms with van der Waals surface area (Å²) >= 11 is 0. The Bertz CT molecular complexity index is 283. The Kier molecular flexibility index (Phi) is 3.83. The number of sulfonamides is 1. The number of primary amides is 1. The SMILES string of the molecule is CC(C)(NCCS(N)(=O)=O)C(N)=O. The number of nitrogens with two attached hydrogens (primary N) is 2. The van der Waals surface area contributed by atoms with E-state index in [2.05, 4.69) is 5.32 Å². The lowest BCUT2D eigenvalue weighted by molar-refractivity contribution is -0.123. The van der Waals surface area contributed by atoms with Crippen LogP contribution in [0.4, 0.5) is 0 Å². The van der Waals surface area contributed by atoms with Crippen molar-refractivity contribution in [2.75, 3.05) is 12.3 Å². The molecule has 0 aromatic carbocycles. The minimum absolute atomic E-state index is 0.106. The smallest absolute Gasteiger partial charge is 0.237 e. The second-order valence-corrected chi connectivity index (χ2v) is 5.02. The van der Waals surface area contributed by atoms with Crippen LogP contribution in [0.1, 0.15) is 13.8 Å². The molecular formula is C6H15N3O3S. The van der Waals surface area contributed by atoms with Gasteiger partial charge in [-0.3, -0.25) is 4.79 Å². The van der Waals surface area contributed by atoms with Gasteiger partial charge in [-0.25, -0.2) is 13.6 Å². The monoisotopic (exact) mass is 209 g/mol. The summed E-state index contributed by atoms with van der Waals surface area (Å²) < 4.78 is 21.0. The average Bonchev–Trinajstić information content (AvgIpc) is 1.82. The molecule has 0 saturated carbocycles. The summed E-state index contributed by atoms with van der Waals surface area (Å²) in [4.78, 5) is 10.8. The van der Waals surface area contributed by atoms with Crippen molar-refractivity contribution in [2.24, 2.45) is 10.9 Å². The van der Waals surface area contributed by atoms with Crippen molar-refractivity contribution in [1.82, 2.24) is 5.32 Å². The normalized spacial score (nSPS) is 12.8. The van der Waals surface area contributed by atoms with Gasteiger partial charge in [-0.1, -0.05) is 0 Å². The van der Waals surface area contributed by atoms with Gasteiger partial charge in [-0.15, -0.1) is 0 Å². The van der Waals surface area contributed by atoms with Crippen molar-refractivity contribution < 1.29 is 13.2 Å². The molecule has 5 N–H and O–H groups in total. The highest BCUT2D eigenvalue weighted by Gasteiger charge is 2.23. The molecule has 13 heavy (non-hydrogen) atoms. The Labute approximate surface area is 77.7 Å². The Morgan fingerprint density at radius 1 is 1.46 bits per heavy atom. The molecule has 0 unspecified atom stereocenters. The zero-order chi connectivity index (χ0) is 10.7. The highest BCUT2D eigenvalue weighted by molar-refractivity contribution is 7.89. The van der Waals surface area contributed by atoms with E-state index in [9.17, 15) is 13.2 Å². The molecule has 0 bridgehead atoms. The highest BCUT2D eigenvalue weighted by atomic mass is 32.2. The van der Waals surface area contributed by atoms with E-state index in [1.54, 1.807) is 13.8 Å². The molecular weight excluding hydrogens is 194 g/mol. The first-order valence-corrected chi connectivity index (χ1v) is 5.42. The topological polar surface area (TPSA) is 115 Å². The summed E-state index contributed by atoms with van der Waals surface area (Å²) in [6, 6.07) is 0. The first kappa shape index (κ1) is 12.3. The lowest BCUT2D eigenvalue weighted by Crippen LogP contribution is -2.52. The van der Waals surface area contributed by atoms with Gasteiger partial charge in [0.2, 0.25) is 15.9 Å². The maximum Gasteiger partial charge on any atom is 0.237 e. The quantitative estimate of drug-likeness (QED) is 0.492. The molecule has 0 atom stereocenters. The Morgan fingerprint density at radius 2 is 1.92 bits per heavy atom. The molecule has 0 aromatic heterocycles. The molecule has 0 fully saturated rings. The molecule has 0 heterocycles. The van der Waals surface area contributed by atoms with Gasteiger partial charge < -0.3 is 11.1 Å². The van der Waals surface area contributed by atoms with E-state index in [-0.39, 0.29) is 12.3 Å². The second-order valence-electron chi connectivity index (χ2n) is 3.28. The lowest BCUT2D eigenvalue weighted by atomic mass is 10.1. The fourth-order valence-corrected chi connectivity index (χ4v) is 0.979. The third kappa shape index (κ3) is 5.56. The van der Waals surface area contributed by atoms with E-state index in [0.29, 0.717) is 0 Å². The van der Waals surface area contributed by atoms with Crippen molar-refractivity contribution >= 4 is 15.9 Å². The number of carbonyl (C=O) groups is 1. The molecule has 0 saturated heterocycles. The number of hydrogen-bond acceptors (Lipinski definition) is 4. The summed E-state index contributed by atoms with van der Waals surface area (Å²) in [7, 11) is -3.49. The van der Waals surface area contributed by atoms with Crippen LogP contribution in [0.25, 0.3) is 0 Å². The van der Waals surface area contributed by atoms with E-state index in [0.717, 1.165) is 0 Å². The number of hydrogen-bond donors (Lipinski definition) is 3. The predicted molar refractivity (Wildman–Crippen MR) is 49.3 cm³/mol. The molecule has 6 nitrogen and oxygen atoms in total. The molecule has 0 aliphatic carbocycles. The van der Waals surface area contributed by atoms with Crippen molar-refractivity contribution in [2.45, 2.75) is 19.4 Å². The van der Waals surface area contributed by atoms with Crippen LogP contribution in [0.5, 0.6) is 0 Å². The average molecular weight is 209 g/mol. The predicted octanol–water partition coefficient (Wildman–Crippen LogP) is -1.87. The second kappa shape index (κ2) is 4.03. The fourth-order valence-electron chi connectivity index (χ4n) is 0.593. The van der Waals surface area contributed by atoms with Crippen LogP contribution in [0.2, 0.25) is 0 Å². The van der Waals surface area contributed by atoms with E-state index in [4.69, 9.17) is 10.9 Å². The van der Waals surface area contributed by atoms with Crippen molar-refractivity contribution in [1.29, 1.82) is 0 Å². The summed E-state index contributed by atoms with van der Waals surface area (Å²) in [5.74, 6) is -0.758. The van der Waals surface area contributed by atoms with Crippen LogP contribution in [0.15, 0.2) is 0 Å². The van der Waals surface area contributed by atoms with E-state index in [1.807, 2.05) is 0 Å². The molecule has 1 amide bonds. The van der Waals surface area contributed by atoms with Gasteiger partial charge >= 0.3 is 0 Å². The van der Waals surface area contributed by atoms with Crippen molar-refractivity contribution in [3.05, 3.63) is 0 Å². The van der Waals surface area contributed by atoms with Gasteiger partial charge in [0.1, 0.15) is 0 Å². The standard InChI is InChI=1S/C6H15N3O3S/c1-6(2,5(7)10)9-3-4-13(8,11)12/h9H,3-4H2,1-2H3,(H2,7,10)(H2,8,11,12). The fraction of sp³-hybridized carbons (Fsp3) is 0.833. The van der Waals surface area contributed by atoms with Crippen LogP contribution in [-0.2, 0) is 14.8 Å². The molecule has 0 rings (SSSR count). The first-order chi connectivity index (χ1) is 5.65. The minimum atomic E-state index is -3.49. The van der Waals surface area contributed by atoms with Gasteiger partial charge in [0.25, 0.3) is 0 Å². The van der Waals surface area contributed by atoms with E-state index >= 15 is 0 Å². The van der Waals surface area contributed by atoms with E-state index < -0.39 is 21.5 Å². The Balaban J connectivity index is 3.98. The molecule has 7 heteroatoms. The highest BCUT2D eigenvalue weighted by Crippen LogP contribution is 1.98. The van der Waals surface area contributed by atoms with Gasteiger partial charge in [0.05, 0.1) is 11.3 Å². The largest absolute Gasteiger partial charge is 0.368 e. The van der Waals surface area contributed by atoms with Gasteiger partial charge in [-0.05, 0) is 13.8 Å².